The maximum atomic E-state index is 12.0. The van der Waals surface area contributed by atoms with Gasteiger partial charge in [0.2, 0.25) is 0 Å². The summed E-state index contributed by atoms with van der Waals surface area (Å²) in [6, 6.07) is 0. The summed E-state index contributed by atoms with van der Waals surface area (Å²) in [5, 5.41) is 8.92. The van der Waals surface area contributed by atoms with E-state index in [0.717, 1.165) is 11.0 Å². The molecule has 18 heavy (non-hydrogen) atoms. The maximum Gasteiger partial charge on any atom is 0.332 e. The van der Waals surface area contributed by atoms with E-state index < -0.39 is 11.2 Å². The number of aliphatic hydroxyl groups excluding tert-OH is 1. The van der Waals surface area contributed by atoms with E-state index in [1.54, 1.807) is 11.9 Å². The molecule has 0 aromatic carbocycles. The van der Waals surface area contributed by atoms with Crippen LogP contribution in [0.25, 0.3) is 0 Å². The smallest absolute Gasteiger partial charge is 0.332 e. The molecule has 7 heteroatoms. The molecule has 1 rings (SSSR count). The Morgan fingerprint density at radius 3 is 2.50 bits per heavy atom. The standard InChI is InChI=1S/C11H20N4O3/c1-4-5-15-9(12)8(13(2)6-7-16)10(17)14(3)11(15)18/h16H,4-7,12H2,1-3H3. The van der Waals surface area contributed by atoms with Crippen LogP contribution >= 0.6 is 0 Å². The second-order valence-corrected chi connectivity index (χ2v) is 4.18. The van der Waals surface area contributed by atoms with Crippen molar-refractivity contribution in [3.05, 3.63) is 20.8 Å². The molecule has 0 unspecified atom stereocenters. The minimum absolute atomic E-state index is 0.0913. The first-order chi connectivity index (χ1) is 8.45. The van der Waals surface area contributed by atoms with Gasteiger partial charge in [0.15, 0.2) is 0 Å². The summed E-state index contributed by atoms with van der Waals surface area (Å²) in [6.07, 6.45) is 0.742. The van der Waals surface area contributed by atoms with Crippen molar-refractivity contribution < 1.29 is 5.11 Å². The topological polar surface area (TPSA) is 93.5 Å². The van der Waals surface area contributed by atoms with Crippen LogP contribution in [0.4, 0.5) is 11.5 Å². The average molecular weight is 256 g/mol. The number of rotatable bonds is 5. The van der Waals surface area contributed by atoms with E-state index in [1.807, 2.05) is 6.92 Å². The third-order valence-corrected chi connectivity index (χ3v) is 2.82. The molecule has 0 saturated carbocycles. The Morgan fingerprint density at radius 2 is 2.00 bits per heavy atom. The molecule has 0 atom stereocenters. The van der Waals surface area contributed by atoms with Crippen molar-refractivity contribution in [3.63, 3.8) is 0 Å². The number of aliphatic hydroxyl groups is 1. The lowest BCUT2D eigenvalue weighted by Crippen LogP contribution is -2.43. The normalized spacial score (nSPS) is 10.7. The lowest BCUT2D eigenvalue weighted by atomic mass is 10.3. The Bertz CT molecular complexity index is 532. The first-order valence-electron chi connectivity index (χ1n) is 5.87. The van der Waals surface area contributed by atoms with Crippen LogP contribution in [0.15, 0.2) is 9.59 Å². The quantitative estimate of drug-likeness (QED) is 0.702. The third kappa shape index (κ3) is 2.40. The second kappa shape index (κ2) is 5.72. The van der Waals surface area contributed by atoms with Crippen molar-refractivity contribution >= 4 is 11.5 Å². The molecule has 0 aliphatic carbocycles. The van der Waals surface area contributed by atoms with Gasteiger partial charge in [-0.15, -0.1) is 0 Å². The van der Waals surface area contributed by atoms with Crippen LogP contribution in [0.2, 0.25) is 0 Å². The Morgan fingerprint density at radius 1 is 1.39 bits per heavy atom. The van der Waals surface area contributed by atoms with E-state index in [4.69, 9.17) is 10.8 Å². The van der Waals surface area contributed by atoms with Gasteiger partial charge >= 0.3 is 5.69 Å². The molecule has 0 aliphatic rings. The van der Waals surface area contributed by atoms with Gasteiger partial charge in [-0.3, -0.25) is 13.9 Å². The highest BCUT2D eigenvalue weighted by Crippen LogP contribution is 2.14. The van der Waals surface area contributed by atoms with Crippen molar-refractivity contribution in [1.29, 1.82) is 0 Å². The monoisotopic (exact) mass is 256 g/mol. The van der Waals surface area contributed by atoms with Gasteiger partial charge in [-0.2, -0.15) is 0 Å². The van der Waals surface area contributed by atoms with Gasteiger partial charge in [-0.1, -0.05) is 6.92 Å². The number of nitrogens with two attached hydrogens (primary N) is 1. The Hall–Kier alpha value is -1.76. The molecule has 0 amide bonds. The summed E-state index contributed by atoms with van der Waals surface area (Å²) < 4.78 is 2.42. The summed E-state index contributed by atoms with van der Waals surface area (Å²) in [5.74, 6) is 0.154. The summed E-state index contributed by atoms with van der Waals surface area (Å²) in [5.41, 5.74) is 5.29. The van der Waals surface area contributed by atoms with E-state index in [-0.39, 0.29) is 24.7 Å². The predicted octanol–water partition coefficient (Wildman–Crippen LogP) is -1.03. The number of aromatic nitrogens is 2. The molecule has 102 valence electrons. The molecule has 0 bridgehead atoms. The lowest BCUT2D eigenvalue weighted by molar-refractivity contribution is 0.304. The average Bonchev–Trinajstić information content (AvgIpc) is 2.32. The van der Waals surface area contributed by atoms with Crippen molar-refractivity contribution in [2.24, 2.45) is 7.05 Å². The van der Waals surface area contributed by atoms with Crippen LogP contribution in [-0.4, -0.2) is 34.4 Å². The van der Waals surface area contributed by atoms with Gasteiger partial charge in [-0.25, -0.2) is 4.79 Å². The van der Waals surface area contributed by atoms with Gasteiger partial charge < -0.3 is 15.7 Å². The molecule has 0 radical (unpaired) electrons. The Balaban J connectivity index is 3.52. The number of hydrogen-bond acceptors (Lipinski definition) is 5. The molecular weight excluding hydrogens is 236 g/mol. The highest BCUT2D eigenvalue weighted by atomic mass is 16.3. The van der Waals surface area contributed by atoms with Crippen molar-refractivity contribution in [2.45, 2.75) is 19.9 Å². The SMILES string of the molecule is CCCn1c(N)c(N(C)CCO)c(=O)n(C)c1=O. The molecule has 1 aromatic heterocycles. The molecule has 0 spiro atoms. The van der Waals surface area contributed by atoms with Crippen LogP contribution in [0.3, 0.4) is 0 Å². The first kappa shape index (κ1) is 14.3. The maximum absolute atomic E-state index is 12.0. The van der Waals surface area contributed by atoms with Gasteiger partial charge in [0.25, 0.3) is 5.56 Å². The molecule has 7 nitrogen and oxygen atoms in total. The van der Waals surface area contributed by atoms with Crippen molar-refractivity contribution in [1.82, 2.24) is 9.13 Å². The molecule has 0 aliphatic heterocycles. The predicted molar refractivity (Wildman–Crippen MR) is 71.0 cm³/mol. The fourth-order valence-electron chi connectivity index (χ4n) is 1.83. The van der Waals surface area contributed by atoms with Gasteiger partial charge in [0.1, 0.15) is 11.5 Å². The zero-order valence-electron chi connectivity index (χ0n) is 11.0. The Kier molecular flexibility index (Phi) is 4.55. The van der Waals surface area contributed by atoms with Gasteiger partial charge in [-0.05, 0) is 6.42 Å². The van der Waals surface area contributed by atoms with Crippen molar-refractivity contribution in [3.8, 4) is 0 Å². The summed E-state index contributed by atoms with van der Waals surface area (Å²) in [6.45, 7) is 2.57. The fraction of sp³-hybridized carbons (Fsp3) is 0.636. The highest BCUT2D eigenvalue weighted by Gasteiger charge is 2.17. The number of hydrogen-bond donors (Lipinski definition) is 2. The third-order valence-electron chi connectivity index (χ3n) is 2.82. The van der Waals surface area contributed by atoms with Crippen LogP contribution < -0.4 is 21.9 Å². The van der Waals surface area contributed by atoms with Crippen LogP contribution in [0.1, 0.15) is 13.3 Å². The largest absolute Gasteiger partial charge is 0.395 e. The summed E-state index contributed by atoms with van der Waals surface area (Å²) >= 11 is 0. The number of nitrogens with zero attached hydrogens (tertiary/aromatic N) is 3. The lowest BCUT2D eigenvalue weighted by Gasteiger charge is -2.22. The zero-order chi connectivity index (χ0) is 13.9. The second-order valence-electron chi connectivity index (χ2n) is 4.18. The highest BCUT2D eigenvalue weighted by molar-refractivity contribution is 5.62. The summed E-state index contributed by atoms with van der Waals surface area (Å²) in [7, 11) is 3.08. The number of likely N-dealkylation sites (N-methyl/N-ethyl adjacent to an activating group) is 1. The van der Waals surface area contributed by atoms with Crippen molar-refractivity contribution in [2.75, 3.05) is 30.8 Å². The zero-order valence-corrected chi connectivity index (χ0v) is 11.0. The molecular formula is C11H20N4O3. The van der Waals surface area contributed by atoms with Crippen LogP contribution in [0, 0.1) is 0 Å². The molecule has 1 aromatic rings. The number of anilines is 2. The molecule has 0 saturated heterocycles. The minimum Gasteiger partial charge on any atom is -0.395 e. The van der Waals surface area contributed by atoms with E-state index in [2.05, 4.69) is 0 Å². The van der Waals surface area contributed by atoms with Crippen LogP contribution in [-0.2, 0) is 13.6 Å². The molecule has 3 N–H and O–H groups in total. The van der Waals surface area contributed by atoms with Gasteiger partial charge in [0.05, 0.1) is 6.61 Å². The first-order valence-corrected chi connectivity index (χ1v) is 5.87. The molecule has 0 fully saturated rings. The summed E-state index contributed by atoms with van der Waals surface area (Å²) in [4.78, 5) is 25.5. The molecule has 1 heterocycles. The van der Waals surface area contributed by atoms with Crippen LogP contribution in [0.5, 0.6) is 0 Å². The van der Waals surface area contributed by atoms with E-state index in [1.165, 1.54) is 11.6 Å². The van der Waals surface area contributed by atoms with E-state index >= 15 is 0 Å². The van der Waals surface area contributed by atoms with E-state index in [9.17, 15) is 9.59 Å². The fourth-order valence-corrected chi connectivity index (χ4v) is 1.83. The Labute approximate surface area is 105 Å². The number of nitrogen functional groups attached to an aromatic ring is 1. The van der Waals surface area contributed by atoms with E-state index in [0.29, 0.717) is 6.54 Å². The van der Waals surface area contributed by atoms with Gasteiger partial charge in [0, 0.05) is 27.2 Å². The minimum atomic E-state index is -0.444.